The number of nitrogen functional groups attached to an aromatic ring is 1. The monoisotopic (exact) mass is 435 g/mol. The summed E-state index contributed by atoms with van der Waals surface area (Å²) in [5.41, 5.74) is 8.81. The predicted molar refractivity (Wildman–Crippen MR) is 130 cm³/mol. The van der Waals surface area contributed by atoms with E-state index in [2.05, 4.69) is 32.0 Å². The number of hydrogen-bond donors (Lipinski definition) is 4. The fraction of sp³-hybridized carbons (Fsp3) is 0.360. The van der Waals surface area contributed by atoms with Gasteiger partial charge < -0.3 is 26.0 Å². The summed E-state index contributed by atoms with van der Waals surface area (Å²) in [6.45, 7) is 10.6. The van der Waals surface area contributed by atoms with Crippen molar-refractivity contribution in [2.45, 2.75) is 33.8 Å². The Morgan fingerprint density at radius 3 is 2.53 bits per heavy atom. The highest BCUT2D eigenvalue weighted by Crippen LogP contribution is 2.20. The second kappa shape index (κ2) is 12.5. The Kier molecular flexibility index (Phi) is 9.74. The van der Waals surface area contributed by atoms with Crippen LogP contribution in [-0.2, 0) is 0 Å². The van der Waals surface area contributed by atoms with Gasteiger partial charge in [0, 0.05) is 35.8 Å². The number of aliphatic hydroxyl groups excluding tert-OH is 1. The van der Waals surface area contributed by atoms with E-state index in [1.165, 1.54) is 0 Å². The number of likely N-dealkylation sites (N-methyl/N-ethyl adjacent to an activating group) is 1. The number of aromatic amines is 1. The summed E-state index contributed by atoms with van der Waals surface area (Å²) in [6.07, 6.45) is 2.90. The molecule has 0 spiro atoms. The van der Waals surface area contributed by atoms with Gasteiger partial charge >= 0.3 is 0 Å². The number of amides is 1. The molecule has 1 aromatic carbocycles. The summed E-state index contributed by atoms with van der Waals surface area (Å²) in [4.78, 5) is 21.7. The molecule has 0 saturated carbocycles. The largest absolute Gasteiger partial charge is 0.390 e. The first-order valence-corrected chi connectivity index (χ1v) is 11.0. The molecule has 170 valence electrons. The van der Waals surface area contributed by atoms with Gasteiger partial charge in [-0.15, -0.1) is 0 Å². The summed E-state index contributed by atoms with van der Waals surface area (Å²) in [7, 11) is 0. The lowest BCUT2D eigenvalue weighted by molar-refractivity contribution is 0.0869. The van der Waals surface area contributed by atoms with Crippen LogP contribution in [0.15, 0.2) is 42.7 Å². The van der Waals surface area contributed by atoms with E-state index in [1.54, 1.807) is 30.5 Å². The van der Waals surface area contributed by atoms with Gasteiger partial charge in [-0.2, -0.15) is 0 Å². The first-order valence-electron chi connectivity index (χ1n) is 11.0. The molecular formula is C25H33N5O2. The van der Waals surface area contributed by atoms with Gasteiger partial charge in [0.05, 0.1) is 23.4 Å². The van der Waals surface area contributed by atoms with Crippen molar-refractivity contribution < 1.29 is 9.90 Å². The van der Waals surface area contributed by atoms with E-state index < -0.39 is 6.10 Å². The molecule has 0 aliphatic rings. The van der Waals surface area contributed by atoms with Gasteiger partial charge in [0.2, 0.25) is 0 Å². The van der Waals surface area contributed by atoms with Gasteiger partial charge in [0.25, 0.3) is 5.91 Å². The second-order valence-corrected chi connectivity index (χ2v) is 7.00. The number of nitrogens with zero attached hydrogens (tertiary/aromatic N) is 2. The number of carbonyl (C=O) groups is 1. The van der Waals surface area contributed by atoms with Crippen molar-refractivity contribution >= 4 is 22.6 Å². The second-order valence-electron chi connectivity index (χ2n) is 7.00. The molecule has 1 amide bonds. The van der Waals surface area contributed by atoms with Crippen molar-refractivity contribution in [3.63, 3.8) is 0 Å². The number of aromatic nitrogens is 2. The van der Waals surface area contributed by atoms with Gasteiger partial charge in [-0.1, -0.05) is 39.5 Å². The number of nitrogens with two attached hydrogens (primary N) is 1. The van der Waals surface area contributed by atoms with Gasteiger partial charge in [-0.25, -0.2) is 4.98 Å². The molecule has 3 aromatic rings. The van der Waals surface area contributed by atoms with Crippen molar-refractivity contribution in [1.29, 1.82) is 0 Å². The third-order valence-corrected chi connectivity index (χ3v) is 4.98. The van der Waals surface area contributed by atoms with Crippen LogP contribution < -0.4 is 11.1 Å². The maximum Gasteiger partial charge on any atom is 0.251 e. The van der Waals surface area contributed by atoms with E-state index in [4.69, 9.17) is 5.73 Å². The van der Waals surface area contributed by atoms with E-state index in [-0.39, 0.29) is 12.5 Å². The van der Waals surface area contributed by atoms with E-state index >= 15 is 0 Å². The van der Waals surface area contributed by atoms with Crippen LogP contribution in [0.3, 0.4) is 0 Å². The lowest BCUT2D eigenvalue weighted by atomic mass is 10.1. The van der Waals surface area contributed by atoms with Crippen LogP contribution in [0.4, 0.5) is 5.82 Å². The van der Waals surface area contributed by atoms with Crippen molar-refractivity contribution in [2.75, 3.05) is 31.9 Å². The number of carbonyl (C=O) groups excluding carboxylic acids is 1. The highest BCUT2D eigenvalue weighted by molar-refractivity contribution is 5.94. The van der Waals surface area contributed by atoms with Crippen molar-refractivity contribution in [3.8, 4) is 11.8 Å². The molecule has 2 heterocycles. The maximum atomic E-state index is 12.3. The minimum absolute atomic E-state index is 0.212. The average molecular weight is 436 g/mol. The van der Waals surface area contributed by atoms with Crippen molar-refractivity contribution in [2.24, 2.45) is 0 Å². The van der Waals surface area contributed by atoms with Crippen LogP contribution in [0.5, 0.6) is 0 Å². The molecule has 1 atom stereocenters. The maximum absolute atomic E-state index is 12.3. The molecule has 3 rings (SSSR count). The standard InChI is InChI=1S/C23H27N5O2.C2H6/c1-3-28(4-2)15-18(29)13-27-23(30)17-8-5-16(6-9-17)7-10-20-19-11-12-25-21(19)14-26-22(20)24;1-2/h5-6,8-9,11-12,14,18,25,29H,3-4,13,15H2,1-2H3,(H2,24,26)(H,27,30);1-2H3. The SMILES string of the molecule is CC.CCN(CC)CC(O)CNC(=O)c1ccc(C#Cc2c(N)ncc3[nH]ccc23)cc1. The molecule has 32 heavy (non-hydrogen) atoms. The Hall–Kier alpha value is -3.34. The Bertz CT molecular complexity index is 1060. The molecule has 0 saturated heterocycles. The fourth-order valence-corrected chi connectivity index (χ4v) is 3.17. The van der Waals surface area contributed by atoms with E-state index in [9.17, 15) is 9.90 Å². The summed E-state index contributed by atoms with van der Waals surface area (Å²) >= 11 is 0. The third-order valence-electron chi connectivity index (χ3n) is 4.98. The molecule has 0 bridgehead atoms. The quantitative estimate of drug-likeness (QED) is 0.427. The van der Waals surface area contributed by atoms with E-state index in [1.807, 2.05) is 40.0 Å². The number of fused-ring (bicyclic) bond motifs is 1. The first kappa shape index (κ1) is 24.9. The molecule has 1 unspecified atom stereocenters. The van der Waals surface area contributed by atoms with E-state index in [0.717, 1.165) is 29.6 Å². The van der Waals surface area contributed by atoms with Crippen LogP contribution >= 0.6 is 0 Å². The molecular weight excluding hydrogens is 402 g/mol. The number of benzene rings is 1. The molecule has 0 aliphatic carbocycles. The Balaban J connectivity index is 0.00000176. The smallest absolute Gasteiger partial charge is 0.251 e. The number of nitrogens with one attached hydrogen (secondary N) is 2. The summed E-state index contributed by atoms with van der Waals surface area (Å²) in [6, 6.07) is 8.92. The number of H-pyrrole nitrogens is 1. The van der Waals surface area contributed by atoms with Gasteiger partial charge in [-0.05, 0) is 43.4 Å². The normalized spacial score (nSPS) is 11.3. The van der Waals surface area contributed by atoms with Crippen LogP contribution in [0.25, 0.3) is 10.9 Å². The van der Waals surface area contributed by atoms with Crippen LogP contribution in [0, 0.1) is 11.8 Å². The van der Waals surface area contributed by atoms with Crippen LogP contribution in [0.2, 0.25) is 0 Å². The van der Waals surface area contributed by atoms with Gasteiger partial charge in [0.1, 0.15) is 5.82 Å². The lowest BCUT2D eigenvalue weighted by Gasteiger charge is -2.22. The molecule has 5 N–H and O–H groups in total. The zero-order valence-electron chi connectivity index (χ0n) is 19.3. The number of anilines is 1. The highest BCUT2D eigenvalue weighted by atomic mass is 16.3. The predicted octanol–water partition coefficient (Wildman–Crippen LogP) is 3.00. The zero-order valence-corrected chi connectivity index (χ0v) is 19.3. The third kappa shape index (κ3) is 6.58. The summed E-state index contributed by atoms with van der Waals surface area (Å²) in [5.74, 6) is 6.31. The topological polar surface area (TPSA) is 107 Å². The minimum Gasteiger partial charge on any atom is -0.390 e. The highest BCUT2D eigenvalue weighted by Gasteiger charge is 2.11. The van der Waals surface area contributed by atoms with Crippen LogP contribution in [-0.4, -0.2) is 58.2 Å². The molecule has 7 heteroatoms. The first-order chi connectivity index (χ1) is 15.5. The summed E-state index contributed by atoms with van der Waals surface area (Å²) in [5, 5.41) is 13.8. The number of hydrogen-bond acceptors (Lipinski definition) is 5. The van der Waals surface area contributed by atoms with Gasteiger partial charge in [-0.3, -0.25) is 4.79 Å². The Morgan fingerprint density at radius 2 is 1.88 bits per heavy atom. The van der Waals surface area contributed by atoms with Gasteiger partial charge in [0.15, 0.2) is 0 Å². The molecule has 2 aromatic heterocycles. The number of pyridine rings is 1. The Morgan fingerprint density at radius 1 is 1.19 bits per heavy atom. The molecule has 7 nitrogen and oxygen atoms in total. The zero-order chi connectivity index (χ0) is 23.5. The minimum atomic E-state index is -0.603. The lowest BCUT2D eigenvalue weighted by Crippen LogP contribution is -2.40. The molecule has 0 fully saturated rings. The van der Waals surface area contributed by atoms with E-state index in [0.29, 0.717) is 23.5 Å². The number of aliphatic hydroxyl groups is 1. The molecule has 0 aliphatic heterocycles. The number of rotatable bonds is 7. The molecule has 0 radical (unpaired) electrons. The average Bonchev–Trinajstić information content (AvgIpc) is 3.31. The Labute approximate surface area is 190 Å². The summed E-state index contributed by atoms with van der Waals surface area (Å²) < 4.78 is 0. The van der Waals surface area contributed by atoms with Crippen LogP contribution in [0.1, 0.15) is 49.2 Å². The van der Waals surface area contributed by atoms with Crippen molar-refractivity contribution in [3.05, 3.63) is 59.4 Å². The van der Waals surface area contributed by atoms with Crippen molar-refractivity contribution in [1.82, 2.24) is 20.2 Å². The fourth-order valence-electron chi connectivity index (χ4n) is 3.17.